The summed E-state index contributed by atoms with van der Waals surface area (Å²) in [5.41, 5.74) is 1.23. The standard InChI is InChI=1S/C14H19N5O2/c1-9(2)19-12(7-10(3)16-19)15-14(20)11-8-13-18(17-11)5-4-6-21-13/h7-9H,4-6H2,1-3H3,(H,15,20). The molecular weight excluding hydrogens is 270 g/mol. The average Bonchev–Trinajstić information content (AvgIpc) is 3.02. The number of rotatable bonds is 3. The number of nitrogens with one attached hydrogen (secondary N) is 1. The monoisotopic (exact) mass is 289 g/mol. The van der Waals surface area contributed by atoms with Gasteiger partial charge in [-0.05, 0) is 20.8 Å². The van der Waals surface area contributed by atoms with Gasteiger partial charge in [-0.1, -0.05) is 0 Å². The highest BCUT2D eigenvalue weighted by Gasteiger charge is 2.19. The van der Waals surface area contributed by atoms with Gasteiger partial charge >= 0.3 is 0 Å². The maximum absolute atomic E-state index is 12.3. The number of ether oxygens (including phenoxy) is 1. The molecule has 0 unspecified atom stereocenters. The van der Waals surface area contributed by atoms with Gasteiger partial charge in [0.1, 0.15) is 5.82 Å². The molecule has 0 saturated heterocycles. The molecule has 1 aliphatic heterocycles. The fourth-order valence-corrected chi connectivity index (χ4v) is 2.36. The summed E-state index contributed by atoms with van der Waals surface area (Å²) < 4.78 is 8.99. The van der Waals surface area contributed by atoms with Gasteiger partial charge in [0.05, 0.1) is 12.3 Å². The number of hydrogen-bond donors (Lipinski definition) is 1. The van der Waals surface area contributed by atoms with Crippen molar-refractivity contribution in [2.24, 2.45) is 0 Å². The molecular formula is C14H19N5O2. The molecule has 1 N–H and O–H groups in total. The first kappa shape index (κ1) is 13.7. The Morgan fingerprint density at radius 2 is 2.19 bits per heavy atom. The van der Waals surface area contributed by atoms with Crippen LogP contribution in [0.25, 0.3) is 0 Å². The van der Waals surface area contributed by atoms with Crippen molar-refractivity contribution in [3.8, 4) is 5.88 Å². The number of carbonyl (C=O) groups is 1. The van der Waals surface area contributed by atoms with E-state index < -0.39 is 0 Å². The molecule has 3 heterocycles. The summed E-state index contributed by atoms with van der Waals surface area (Å²) >= 11 is 0. The van der Waals surface area contributed by atoms with Crippen molar-refractivity contribution < 1.29 is 9.53 Å². The first-order chi connectivity index (χ1) is 10.0. The molecule has 3 rings (SSSR count). The Balaban J connectivity index is 1.82. The molecule has 0 radical (unpaired) electrons. The number of aryl methyl sites for hydroxylation is 2. The van der Waals surface area contributed by atoms with E-state index in [1.165, 1.54) is 0 Å². The van der Waals surface area contributed by atoms with Gasteiger partial charge in [0.15, 0.2) is 5.69 Å². The molecule has 7 nitrogen and oxygen atoms in total. The number of amides is 1. The maximum Gasteiger partial charge on any atom is 0.277 e. The predicted molar refractivity (Wildman–Crippen MR) is 77.6 cm³/mol. The second-order valence-electron chi connectivity index (χ2n) is 5.46. The van der Waals surface area contributed by atoms with E-state index in [0.29, 0.717) is 24.0 Å². The Bertz CT molecular complexity index is 647. The van der Waals surface area contributed by atoms with Crippen molar-refractivity contribution in [3.05, 3.63) is 23.5 Å². The minimum Gasteiger partial charge on any atom is -0.478 e. The Morgan fingerprint density at radius 3 is 2.90 bits per heavy atom. The normalized spacial score (nSPS) is 13.9. The van der Waals surface area contributed by atoms with Gasteiger partial charge in [-0.2, -0.15) is 10.2 Å². The fourth-order valence-electron chi connectivity index (χ4n) is 2.36. The number of carbonyl (C=O) groups excluding carboxylic acids is 1. The third-order valence-corrected chi connectivity index (χ3v) is 3.33. The summed E-state index contributed by atoms with van der Waals surface area (Å²) in [5.74, 6) is 1.08. The highest BCUT2D eigenvalue weighted by molar-refractivity contribution is 6.02. The van der Waals surface area contributed by atoms with Crippen molar-refractivity contribution >= 4 is 11.7 Å². The number of aromatic nitrogens is 4. The van der Waals surface area contributed by atoms with E-state index in [0.717, 1.165) is 18.7 Å². The van der Waals surface area contributed by atoms with Crippen LogP contribution in [0.1, 0.15) is 42.5 Å². The summed E-state index contributed by atoms with van der Waals surface area (Å²) in [6.07, 6.45) is 0.912. The lowest BCUT2D eigenvalue weighted by Crippen LogP contribution is -2.18. The summed E-state index contributed by atoms with van der Waals surface area (Å²) in [6.45, 7) is 7.39. The zero-order valence-electron chi connectivity index (χ0n) is 12.5. The lowest BCUT2D eigenvalue weighted by atomic mass is 10.3. The molecule has 0 spiro atoms. The molecule has 0 aliphatic carbocycles. The lowest BCUT2D eigenvalue weighted by molar-refractivity contribution is 0.102. The van der Waals surface area contributed by atoms with Gasteiger partial charge < -0.3 is 10.1 Å². The fraction of sp³-hybridized carbons (Fsp3) is 0.500. The molecule has 0 bridgehead atoms. The van der Waals surface area contributed by atoms with Gasteiger partial charge in [0, 0.05) is 31.1 Å². The van der Waals surface area contributed by atoms with Crippen LogP contribution in [0.5, 0.6) is 5.88 Å². The molecule has 2 aromatic rings. The maximum atomic E-state index is 12.3. The quantitative estimate of drug-likeness (QED) is 0.938. The van der Waals surface area contributed by atoms with Crippen LogP contribution in [-0.4, -0.2) is 32.1 Å². The Labute approximate surface area is 122 Å². The van der Waals surface area contributed by atoms with E-state index in [4.69, 9.17) is 4.74 Å². The topological polar surface area (TPSA) is 74.0 Å². The van der Waals surface area contributed by atoms with Gasteiger partial charge in [0.25, 0.3) is 5.91 Å². The Morgan fingerprint density at radius 1 is 1.38 bits per heavy atom. The molecule has 0 saturated carbocycles. The van der Waals surface area contributed by atoms with Gasteiger partial charge in [-0.15, -0.1) is 0 Å². The average molecular weight is 289 g/mol. The molecule has 21 heavy (non-hydrogen) atoms. The number of anilines is 1. The van der Waals surface area contributed by atoms with Crippen LogP contribution in [0.4, 0.5) is 5.82 Å². The van der Waals surface area contributed by atoms with Crippen molar-refractivity contribution in [1.29, 1.82) is 0 Å². The van der Waals surface area contributed by atoms with Gasteiger partial charge in [-0.25, -0.2) is 9.36 Å². The molecule has 1 aliphatic rings. The van der Waals surface area contributed by atoms with E-state index in [1.54, 1.807) is 15.4 Å². The van der Waals surface area contributed by atoms with Crippen LogP contribution in [-0.2, 0) is 6.54 Å². The highest BCUT2D eigenvalue weighted by Crippen LogP contribution is 2.20. The number of nitrogens with zero attached hydrogens (tertiary/aromatic N) is 4. The van der Waals surface area contributed by atoms with Gasteiger partial charge in [-0.3, -0.25) is 4.79 Å². The highest BCUT2D eigenvalue weighted by atomic mass is 16.5. The zero-order valence-corrected chi connectivity index (χ0v) is 12.5. The van der Waals surface area contributed by atoms with Crippen molar-refractivity contribution in [1.82, 2.24) is 19.6 Å². The van der Waals surface area contributed by atoms with E-state index in [-0.39, 0.29) is 11.9 Å². The van der Waals surface area contributed by atoms with E-state index in [1.807, 2.05) is 26.8 Å². The third kappa shape index (κ3) is 2.63. The summed E-state index contributed by atoms with van der Waals surface area (Å²) in [7, 11) is 0. The molecule has 1 amide bonds. The summed E-state index contributed by atoms with van der Waals surface area (Å²) in [5, 5.41) is 11.5. The van der Waals surface area contributed by atoms with Crippen molar-refractivity contribution in [3.63, 3.8) is 0 Å². The van der Waals surface area contributed by atoms with Crippen LogP contribution in [0, 0.1) is 6.92 Å². The molecule has 0 atom stereocenters. The molecule has 112 valence electrons. The van der Waals surface area contributed by atoms with Crippen molar-refractivity contribution in [2.75, 3.05) is 11.9 Å². The first-order valence-corrected chi connectivity index (χ1v) is 7.13. The smallest absolute Gasteiger partial charge is 0.277 e. The van der Waals surface area contributed by atoms with Crippen LogP contribution in [0.2, 0.25) is 0 Å². The Kier molecular flexibility index (Phi) is 3.40. The Hall–Kier alpha value is -2.31. The van der Waals surface area contributed by atoms with E-state index in [9.17, 15) is 4.79 Å². The second-order valence-corrected chi connectivity index (χ2v) is 5.46. The number of hydrogen-bond acceptors (Lipinski definition) is 4. The second kappa shape index (κ2) is 5.23. The molecule has 0 fully saturated rings. The van der Waals surface area contributed by atoms with Gasteiger partial charge in [0.2, 0.25) is 5.88 Å². The minimum atomic E-state index is -0.248. The van der Waals surface area contributed by atoms with Crippen LogP contribution in [0.3, 0.4) is 0 Å². The summed E-state index contributed by atoms with van der Waals surface area (Å²) in [4.78, 5) is 12.3. The van der Waals surface area contributed by atoms with E-state index >= 15 is 0 Å². The van der Waals surface area contributed by atoms with Crippen molar-refractivity contribution in [2.45, 2.75) is 39.8 Å². The molecule has 2 aromatic heterocycles. The minimum absolute atomic E-state index is 0.174. The molecule has 0 aromatic carbocycles. The van der Waals surface area contributed by atoms with Crippen LogP contribution < -0.4 is 10.1 Å². The molecule has 7 heteroatoms. The third-order valence-electron chi connectivity index (χ3n) is 3.33. The SMILES string of the molecule is Cc1cc(NC(=O)c2cc3n(n2)CCCO3)n(C(C)C)n1. The lowest BCUT2D eigenvalue weighted by Gasteiger charge is -2.13. The summed E-state index contributed by atoms with van der Waals surface area (Å²) in [6, 6.07) is 3.70. The van der Waals surface area contributed by atoms with Crippen LogP contribution >= 0.6 is 0 Å². The predicted octanol–water partition coefficient (Wildman–Crippen LogP) is 2.00. The number of fused-ring (bicyclic) bond motifs is 1. The van der Waals surface area contributed by atoms with E-state index in [2.05, 4.69) is 15.5 Å². The zero-order chi connectivity index (χ0) is 15.0. The van der Waals surface area contributed by atoms with Crippen LogP contribution in [0.15, 0.2) is 12.1 Å². The first-order valence-electron chi connectivity index (χ1n) is 7.13. The largest absolute Gasteiger partial charge is 0.478 e.